The van der Waals surface area contributed by atoms with Crippen molar-refractivity contribution >= 4 is 5.78 Å². The minimum absolute atomic E-state index is 0. The molecule has 29 heavy (non-hydrogen) atoms. The fourth-order valence-corrected chi connectivity index (χ4v) is 3.71. The molecule has 0 spiro atoms. The van der Waals surface area contributed by atoms with E-state index in [9.17, 15) is 4.79 Å². The molecule has 2 aromatic carbocycles. The Morgan fingerprint density at radius 1 is 0.759 bits per heavy atom. The predicted molar refractivity (Wildman–Crippen MR) is 107 cm³/mol. The van der Waals surface area contributed by atoms with Crippen LogP contribution in [-0.2, 0) is 36.6 Å². The molecule has 0 amide bonds. The van der Waals surface area contributed by atoms with Crippen LogP contribution in [0.1, 0.15) is 56.6 Å². The molecule has 0 atom stereocenters. The molecule has 4 rings (SSSR count). The topological polar surface area (TPSA) is 56.9 Å². The van der Waals surface area contributed by atoms with E-state index >= 15 is 0 Å². The van der Waals surface area contributed by atoms with Gasteiger partial charge in [0.15, 0.2) is 0 Å². The smallest absolute Gasteiger partial charge is 2.00 e. The molecule has 0 saturated heterocycles. The summed E-state index contributed by atoms with van der Waals surface area (Å²) in [5.41, 5.74) is 2.27. The van der Waals surface area contributed by atoms with Crippen molar-refractivity contribution in [3.8, 4) is 0 Å². The van der Waals surface area contributed by atoms with Gasteiger partial charge in [0.2, 0.25) is 0 Å². The fraction of sp³-hybridized carbons (Fsp3) is 0.320. The molecule has 0 radical (unpaired) electrons. The number of benzene rings is 2. The SMILES string of the molecule is C1CCCC1.CC1=[C-]CC(c2ccccc2)(c2ccccc2)C1=O.[C-]#[O+].[C-]#[O+].[Fe+2]. The van der Waals surface area contributed by atoms with E-state index in [1.54, 1.807) is 0 Å². The Hall–Kier alpha value is -2.15. The molecule has 0 unspecified atom stereocenters. The predicted octanol–water partition coefficient (Wildman–Crippen LogP) is 5.57. The molecule has 0 bridgehead atoms. The Bertz CT molecular complexity index is 735. The van der Waals surface area contributed by atoms with Crippen LogP contribution in [0, 0.1) is 19.4 Å². The molecule has 0 N–H and O–H groups in total. The van der Waals surface area contributed by atoms with E-state index in [2.05, 4.69) is 19.4 Å². The Morgan fingerprint density at radius 2 is 1.10 bits per heavy atom. The molecule has 4 heteroatoms. The molecule has 2 aliphatic carbocycles. The zero-order valence-corrected chi connectivity index (χ0v) is 17.7. The third kappa shape index (κ3) is 6.70. The summed E-state index contributed by atoms with van der Waals surface area (Å²) in [6, 6.07) is 20.0. The van der Waals surface area contributed by atoms with Gasteiger partial charge in [0.1, 0.15) is 0 Å². The molecule has 0 heterocycles. The van der Waals surface area contributed by atoms with Crippen LogP contribution >= 0.6 is 0 Å². The number of rotatable bonds is 2. The van der Waals surface area contributed by atoms with Crippen molar-refractivity contribution in [2.75, 3.05) is 0 Å². The fourth-order valence-electron chi connectivity index (χ4n) is 3.71. The van der Waals surface area contributed by atoms with Gasteiger partial charge in [0.05, 0.1) is 0 Å². The minimum Gasteiger partial charge on any atom is 2.00 e. The van der Waals surface area contributed by atoms with Crippen LogP contribution < -0.4 is 0 Å². The number of hydrogen-bond donors (Lipinski definition) is 0. The normalized spacial score (nSPS) is 15.6. The van der Waals surface area contributed by atoms with Crippen molar-refractivity contribution in [1.29, 1.82) is 0 Å². The average molecular weight is 429 g/mol. The van der Waals surface area contributed by atoms with E-state index in [1.807, 2.05) is 67.6 Å². The van der Waals surface area contributed by atoms with Crippen molar-refractivity contribution in [1.82, 2.24) is 0 Å². The molecular weight excluding hydrogens is 404 g/mol. The maximum Gasteiger partial charge on any atom is 2.00 e. The van der Waals surface area contributed by atoms with Crippen molar-refractivity contribution in [2.45, 2.75) is 50.9 Å². The summed E-state index contributed by atoms with van der Waals surface area (Å²) in [7, 11) is 0. The molecule has 2 aromatic rings. The van der Waals surface area contributed by atoms with Gasteiger partial charge in [-0.05, 0) is 11.1 Å². The number of carbonyl (C=O) groups is 1. The summed E-state index contributed by atoms with van der Waals surface area (Å²) in [6.45, 7) is 10.9. The second kappa shape index (κ2) is 14.8. The molecule has 150 valence electrons. The number of hydrogen-bond acceptors (Lipinski definition) is 1. The summed E-state index contributed by atoms with van der Waals surface area (Å²) in [5.74, 6) is 0.171. The van der Waals surface area contributed by atoms with Gasteiger partial charge in [0, 0.05) is 11.2 Å². The molecule has 0 aliphatic heterocycles. The Kier molecular flexibility index (Phi) is 13.7. The maximum absolute atomic E-state index is 12.7. The van der Waals surface area contributed by atoms with E-state index in [4.69, 9.17) is 9.30 Å². The largest absolute Gasteiger partial charge is 2.00 e. The zero-order valence-electron chi connectivity index (χ0n) is 16.6. The molecular formula is C25H25FeO3+. The maximum atomic E-state index is 12.7. The quantitative estimate of drug-likeness (QED) is 0.350. The summed E-state index contributed by atoms with van der Waals surface area (Å²) in [5, 5.41) is 0. The van der Waals surface area contributed by atoms with Gasteiger partial charge in [-0.15, -0.1) is 6.42 Å². The van der Waals surface area contributed by atoms with Crippen LogP contribution in [0.15, 0.2) is 66.2 Å². The number of ketones is 1. The van der Waals surface area contributed by atoms with Crippen LogP contribution in [0.2, 0.25) is 0 Å². The van der Waals surface area contributed by atoms with E-state index in [1.165, 1.54) is 32.1 Å². The van der Waals surface area contributed by atoms with Crippen LogP contribution in [-0.4, -0.2) is 5.78 Å². The first-order valence-corrected chi connectivity index (χ1v) is 9.39. The van der Waals surface area contributed by atoms with Crippen LogP contribution in [0.3, 0.4) is 0 Å². The Labute approximate surface area is 184 Å². The van der Waals surface area contributed by atoms with Gasteiger partial charge < -0.3 is 4.79 Å². The van der Waals surface area contributed by atoms with Crippen LogP contribution in [0.4, 0.5) is 0 Å². The van der Waals surface area contributed by atoms with Crippen LogP contribution in [0.25, 0.3) is 0 Å². The summed E-state index contributed by atoms with van der Waals surface area (Å²) in [6.07, 6.45) is 11.4. The second-order valence-electron chi connectivity index (χ2n) is 6.71. The van der Waals surface area contributed by atoms with E-state index < -0.39 is 5.41 Å². The Morgan fingerprint density at radius 3 is 1.38 bits per heavy atom. The van der Waals surface area contributed by atoms with Gasteiger partial charge in [-0.2, -0.15) is 5.57 Å². The minimum atomic E-state index is -0.577. The first-order valence-electron chi connectivity index (χ1n) is 9.39. The van der Waals surface area contributed by atoms with Gasteiger partial charge >= 0.3 is 39.7 Å². The van der Waals surface area contributed by atoms with Gasteiger partial charge in [-0.25, -0.2) is 0 Å². The standard InChI is InChI=1S/C18H15O.C5H10.2CO.Fe/c1-14-12-13-18(17(14)19,15-8-4-2-5-9-15)16-10-6-3-7-11-16;1-2-4-5-3-1;2*1-2;/h2-11H,13H2,1H3;1-5H2;;;/q-1;;;;+2. The number of Topliss-reactive ketones (excluding diaryl/α,β-unsaturated/α-hetero) is 1. The second-order valence-corrected chi connectivity index (χ2v) is 6.71. The molecule has 1 fully saturated rings. The molecule has 2 aliphatic rings. The van der Waals surface area contributed by atoms with E-state index in [-0.39, 0.29) is 22.9 Å². The average Bonchev–Trinajstić information content (AvgIpc) is 3.46. The first-order chi connectivity index (χ1) is 13.7. The summed E-state index contributed by atoms with van der Waals surface area (Å²) < 4.78 is 15.0. The van der Waals surface area contributed by atoms with Crippen LogP contribution in [0.5, 0.6) is 0 Å². The van der Waals surface area contributed by atoms with Crippen molar-refractivity contribution < 1.29 is 31.2 Å². The number of allylic oxidation sites excluding steroid dienone is 2. The zero-order chi connectivity index (χ0) is 20.8. The third-order valence-corrected chi connectivity index (χ3v) is 5.13. The van der Waals surface area contributed by atoms with Gasteiger partial charge in [-0.1, -0.05) is 99.7 Å². The van der Waals surface area contributed by atoms with Crippen molar-refractivity contribution in [3.63, 3.8) is 0 Å². The van der Waals surface area contributed by atoms with E-state index in [0.717, 1.165) is 16.7 Å². The van der Waals surface area contributed by atoms with Crippen molar-refractivity contribution in [3.05, 3.63) is 96.7 Å². The summed E-state index contributed by atoms with van der Waals surface area (Å²) in [4.78, 5) is 12.7. The van der Waals surface area contributed by atoms with Gasteiger partial charge in [-0.3, -0.25) is 6.08 Å². The molecule has 1 saturated carbocycles. The van der Waals surface area contributed by atoms with E-state index in [0.29, 0.717) is 6.42 Å². The monoisotopic (exact) mass is 429 g/mol. The summed E-state index contributed by atoms with van der Waals surface area (Å²) >= 11 is 0. The first kappa shape index (κ1) is 26.8. The molecule has 0 aromatic heterocycles. The third-order valence-electron chi connectivity index (χ3n) is 5.13. The molecule has 3 nitrogen and oxygen atoms in total. The number of carbonyl (C=O) groups excluding carboxylic acids is 1. The van der Waals surface area contributed by atoms with Crippen molar-refractivity contribution in [2.24, 2.45) is 0 Å². The van der Waals surface area contributed by atoms with Gasteiger partial charge in [0.25, 0.3) is 0 Å². The Balaban J connectivity index is 0.000000667.